The predicted molar refractivity (Wildman–Crippen MR) is 123 cm³/mol. The third-order valence-electron chi connectivity index (χ3n) is 6.58. The van der Waals surface area contributed by atoms with Crippen LogP contribution in [0, 0.1) is 18.7 Å². The molecule has 1 saturated heterocycles. The highest BCUT2D eigenvalue weighted by atomic mass is 19.1. The minimum atomic E-state index is -0.692. The Morgan fingerprint density at radius 2 is 1.97 bits per heavy atom. The van der Waals surface area contributed by atoms with Crippen LogP contribution in [0.4, 0.5) is 20.2 Å². The molecule has 0 saturated carbocycles. The number of rotatable bonds is 4. The molecule has 4 heterocycles. The molecule has 0 aliphatic carbocycles. The first-order chi connectivity index (χ1) is 16.3. The second-order valence-electron chi connectivity index (χ2n) is 8.66. The molecule has 0 radical (unpaired) electrons. The Bertz CT molecular complexity index is 1310. The third-order valence-corrected chi connectivity index (χ3v) is 6.58. The number of aryl methyl sites for hydroxylation is 1. The molecule has 2 amide bonds. The molecule has 178 valence electrons. The number of carbonyl (C=O) groups is 2. The number of hydrogen-bond acceptors (Lipinski definition) is 6. The first kappa shape index (κ1) is 22.2. The number of anilines is 2. The summed E-state index contributed by atoms with van der Waals surface area (Å²) >= 11 is 0. The minimum absolute atomic E-state index is 0.0253. The summed E-state index contributed by atoms with van der Waals surface area (Å²) in [5.74, 6) is -1.88. The molecule has 1 aromatic carbocycles. The van der Waals surface area contributed by atoms with E-state index in [0.717, 1.165) is 11.1 Å². The molecular formula is C23H25F2N7O2. The molecule has 9 nitrogen and oxygen atoms in total. The van der Waals surface area contributed by atoms with Crippen LogP contribution in [0.5, 0.6) is 0 Å². The van der Waals surface area contributed by atoms with Crippen LogP contribution in [0.15, 0.2) is 18.2 Å². The van der Waals surface area contributed by atoms with Crippen molar-refractivity contribution in [3.63, 3.8) is 0 Å². The number of benzene rings is 1. The van der Waals surface area contributed by atoms with Gasteiger partial charge in [-0.3, -0.25) is 19.2 Å². The van der Waals surface area contributed by atoms with Gasteiger partial charge in [0.1, 0.15) is 17.4 Å². The molecule has 34 heavy (non-hydrogen) atoms. The first-order valence-corrected chi connectivity index (χ1v) is 11.2. The largest absolute Gasteiger partial charge is 0.365 e. The molecule has 0 unspecified atom stereocenters. The normalized spacial score (nSPS) is 18.3. The Morgan fingerprint density at radius 3 is 2.65 bits per heavy atom. The maximum atomic E-state index is 15.4. The standard InChI is InChI=1S/C23H25F2N7O2/c1-12-15-10-14(18(24)19-20(15)32(29-12)13(2)22(33)28-19)11-30-6-8-31(9-7-30)17-5-4-16(23(34)26-3)27-21(17)25/h4-5,10,13H,6-9,11H2,1-3H3,(H,26,34)(H,28,33)/t13-/m1/s1. The van der Waals surface area contributed by atoms with Gasteiger partial charge in [0.25, 0.3) is 5.91 Å². The van der Waals surface area contributed by atoms with Crippen molar-refractivity contribution in [2.24, 2.45) is 0 Å². The van der Waals surface area contributed by atoms with Crippen LogP contribution in [0.25, 0.3) is 10.9 Å². The van der Waals surface area contributed by atoms with Gasteiger partial charge in [0, 0.05) is 50.7 Å². The van der Waals surface area contributed by atoms with E-state index < -0.39 is 23.7 Å². The van der Waals surface area contributed by atoms with Crippen molar-refractivity contribution in [2.75, 3.05) is 43.4 Å². The van der Waals surface area contributed by atoms with E-state index in [4.69, 9.17) is 0 Å². The van der Waals surface area contributed by atoms with E-state index in [0.29, 0.717) is 49.5 Å². The second kappa shape index (κ2) is 8.32. The SMILES string of the molecule is CNC(=O)c1ccc(N2CCN(Cc3cc4c(C)nn5c4c(c3F)NC(=O)[C@H]5C)CC2)c(F)n1. The molecular weight excluding hydrogens is 444 g/mol. The van der Waals surface area contributed by atoms with Crippen LogP contribution in [-0.4, -0.2) is 64.7 Å². The number of aromatic nitrogens is 3. The number of hydrogen-bond donors (Lipinski definition) is 2. The molecule has 1 fully saturated rings. The molecule has 2 aliphatic rings. The van der Waals surface area contributed by atoms with Gasteiger partial charge in [-0.25, -0.2) is 9.37 Å². The van der Waals surface area contributed by atoms with Crippen molar-refractivity contribution in [1.82, 2.24) is 25.0 Å². The fourth-order valence-corrected chi connectivity index (χ4v) is 4.64. The van der Waals surface area contributed by atoms with Crippen molar-refractivity contribution in [3.05, 3.63) is 46.9 Å². The average Bonchev–Trinajstić information content (AvgIpc) is 3.16. The van der Waals surface area contributed by atoms with Gasteiger partial charge in [-0.1, -0.05) is 0 Å². The third kappa shape index (κ3) is 3.56. The minimum Gasteiger partial charge on any atom is -0.365 e. The van der Waals surface area contributed by atoms with Crippen molar-refractivity contribution in [2.45, 2.75) is 26.4 Å². The fraction of sp³-hybridized carbons (Fsp3) is 0.391. The molecule has 11 heteroatoms. The Kier molecular flexibility index (Phi) is 5.43. The van der Waals surface area contributed by atoms with E-state index in [9.17, 15) is 14.0 Å². The van der Waals surface area contributed by atoms with E-state index >= 15 is 4.39 Å². The van der Waals surface area contributed by atoms with Crippen molar-refractivity contribution in [3.8, 4) is 0 Å². The van der Waals surface area contributed by atoms with E-state index in [2.05, 4.69) is 25.6 Å². The molecule has 2 aromatic heterocycles. The highest BCUT2D eigenvalue weighted by molar-refractivity contribution is 6.06. The van der Waals surface area contributed by atoms with Crippen LogP contribution < -0.4 is 15.5 Å². The highest BCUT2D eigenvalue weighted by Gasteiger charge is 2.31. The first-order valence-electron chi connectivity index (χ1n) is 11.2. The van der Waals surface area contributed by atoms with E-state index in [1.54, 1.807) is 17.7 Å². The molecule has 5 rings (SSSR count). The summed E-state index contributed by atoms with van der Waals surface area (Å²) in [4.78, 5) is 31.7. The van der Waals surface area contributed by atoms with Crippen LogP contribution >= 0.6 is 0 Å². The van der Waals surface area contributed by atoms with Crippen molar-refractivity contribution < 1.29 is 18.4 Å². The molecule has 2 aliphatic heterocycles. The Hall–Kier alpha value is -3.60. The predicted octanol–water partition coefficient (Wildman–Crippen LogP) is 2.21. The molecule has 0 bridgehead atoms. The lowest BCUT2D eigenvalue weighted by Gasteiger charge is -2.36. The van der Waals surface area contributed by atoms with Gasteiger partial charge in [-0.05, 0) is 32.0 Å². The van der Waals surface area contributed by atoms with E-state index in [1.165, 1.54) is 13.1 Å². The van der Waals surface area contributed by atoms with Gasteiger partial charge in [-0.2, -0.15) is 9.49 Å². The maximum Gasteiger partial charge on any atom is 0.269 e. The lowest BCUT2D eigenvalue weighted by Crippen LogP contribution is -2.46. The number of nitrogens with one attached hydrogen (secondary N) is 2. The molecule has 0 spiro atoms. The van der Waals surface area contributed by atoms with Gasteiger partial charge >= 0.3 is 0 Å². The number of carbonyl (C=O) groups excluding carboxylic acids is 2. The Labute approximate surface area is 194 Å². The summed E-state index contributed by atoms with van der Waals surface area (Å²) < 4.78 is 31.5. The summed E-state index contributed by atoms with van der Waals surface area (Å²) in [6.45, 7) is 6.17. The van der Waals surface area contributed by atoms with Crippen LogP contribution in [0.3, 0.4) is 0 Å². The smallest absolute Gasteiger partial charge is 0.269 e. The zero-order chi connectivity index (χ0) is 24.1. The topological polar surface area (TPSA) is 95.4 Å². The van der Waals surface area contributed by atoms with Gasteiger partial charge < -0.3 is 15.5 Å². The van der Waals surface area contributed by atoms with Crippen LogP contribution in [-0.2, 0) is 11.3 Å². The van der Waals surface area contributed by atoms with Crippen molar-refractivity contribution in [1.29, 1.82) is 0 Å². The lowest BCUT2D eigenvalue weighted by molar-refractivity contribution is -0.119. The monoisotopic (exact) mass is 469 g/mol. The summed E-state index contributed by atoms with van der Waals surface area (Å²) in [5.41, 5.74) is 2.38. The number of pyridine rings is 1. The average molecular weight is 469 g/mol. The zero-order valence-corrected chi connectivity index (χ0v) is 19.2. The summed E-state index contributed by atoms with van der Waals surface area (Å²) in [7, 11) is 1.46. The second-order valence-corrected chi connectivity index (χ2v) is 8.66. The van der Waals surface area contributed by atoms with Gasteiger partial charge in [0.15, 0.2) is 5.82 Å². The number of halogens is 2. The zero-order valence-electron chi connectivity index (χ0n) is 19.2. The Morgan fingerprint density at radius 1 is 1.24 bits per heavy atom. The van der Waals surface area contributed by atoms with Crippen molar-refractivity contribution >= 4 is 34.1 Å². The molecule has 3 aromatic rings. The molecule has 1 atom stereocenters. The molecule has 2 N–H and O–H groups in total. The van der Waals surface area contributed by atoms with E-state index in [-0.39, 0.29) is 17.3 Å². The number of nitrogens with zero attached hydrogens (tertiary/aromatic N) is 5. The van der Waals surface area contributed by atoms with Gasteiger partial charge in [-0.15, -0.1) is 0 Å². The summed E-state index contributed by atoms with van der Waals surface area (Å²) in [6, 6.07) is 4.37. The van der Waals surface area contributed by atoms with Gasteiger partial charge in [0.05, 0.1) is 16.9 Å². The summed E-state index contributed by atoms with van der Waals surface area (Å²) in [5, 5.41) is 10.4. The summed E-state index contributed by atoms with van der Waals surface area (Å²) in [6.07, 6.45) is 0. The number of amides is 2. The van der Waals surface area contributed by atoms with Gasteiger partial charge in [0.2, 0.25) is 11.9 Å². The lowest BCUT2D eigenvalue weighted by atomic mass is 10.0. The van der Waals surface area contributed by atoms with Crippen LogP contribution in [0.2, 0.25) is 0 Å². The Balaban J connectivity index is 1.33. The number of piperazine rings is 1. The van der Waals surface area contributed by atoms with Crippen LogP contribution in [0.1, 0.15) is 34.7 Å². The van der Waals surface area contributed by atoms with E-state index in [1.807, 2.05) is 17.9 Å². The quantitative estimate of drug-likeness (QED) is 0.569. The highest BCUT2D eigenvalue weighted by Crippen LogP contribution is 2.37. The maximum absolute atomic E-state index is 15.4. The fourth-order valence-electron chi connectivity index (χ4n) is 4.64.